The quantitative estimate of drug-likeness (QED) is 0.932. The van der Waals surface area contributed by atoms with E-state index in [2.05, 4.69) is 4.98 Å². The van der Waals surface area contributed by atoms with Gasteiger partial charge < -0.3 is 10.6 Å². The Kier molecular flexibility index (Phi) is 3.44. The number of carbonyl (C=O) groups is 1. The maximum atomic E-state index is 12.9. The van der Waals surface area contributed by atoms with Crippen molar-refractivity contribution in [3.63, 3.8) is 0 Å². The molecule has 22 heavy (non-hydrogen) atoms. The molecule has 1 amide bonds. The summed E-state index contributed by atoms with van der Waals surface area (Å²) in [6.07, 6.45) is 8.47. The molecule has 5 rings (SSSR count). The largest absolute Gasteiger partial charge is 0.338 e. The van der Waals surface area contributed by atoms with E-state index in [-0.39, 0.29) is 5.91 Å². The highest BCUT2D eigenvalue weighted by Crippen LogP contribution is 2.55. The number of carbonyl (C=O) groups excluding carboxylic acids is 1. The molecule has 4 nitrogen and oxygen atoms in total. The number of nitrogens with zero attached hydrogens (tertiary/aromatic N) is 2. The summed E-state index contributed by atoms with van der Waals surface area (Å²) in [6.45, 7) is 0.378. The molecule has 4 aliphatic rings. The second-order valence-electron chi connectivity index (χ2n) is 7.58. The van der Waals surface area contributed by atoms with Gasteiger partial charge in [-0.1, -0.05) is 0 Å². The molecule has 4 saturated carbocycles. The van der Waals surface area contributed by atoms with Crippen molar-refractivity contribution in [2.45, 2.75) is 44.7 Å². The van der Waals surface area contributed by atoms with Crippen LogP contribution in [0.1, 0.15) is 48.2 Å². The summed E-state index contributed by atoms with van der Waals surface area (Å²) in [6, 6.07) is 4.10. The SMILES string of the molecule is CN(C(=O)c1ccnc(CN)c1)C1C2CC3CC(C2)CC1C3. The van der Waals surface area contributed by atoms with Crippen LogP contribution >= 0.6 is 0 Å². The average molecular weight is 299 g/mol. The lowest BCUT2D eigenvalue weighted by molar-refractivity contribution is -0.0491. The molecule has 1 heterocycles. The summed E-state index contributed by atoms with van der Waals surface area (Å²) in [5.41, 5.74) is 7.16. The summed E-state index contributed by atoms with van der Waals surface area (Å²) in [5.74, 6) is 3.45. The second kappa shape index (κ2) is 5.34. The number of hydrogen-bond acceptors (Lipinski definition) is 3. The Hall–Kier alpha value is -1.42. The predicted molar refractivity (Wildman–Crippen MR) is 85.1 cm³/mol. The first-order valence-electron chi connectivity index (χ1n) is 8.58. The van der Waals surface area contributed by atoms with E-state index in [1.165, 1.54) is 32.1 Å². The van der Waals surface area contributed by atoms with E-state index in [9.17, 15) is 4.79 Å². The van der Waals surface area contributed by atoms with Gasteiger partial charge in [-0.3, -0.25) is 9.78 Å². The van der Waals surface area contributed by atoms with E-state index in [1.807, 2.05) is 24.1 Å². The average Bonchev–Trinajstić information content (AvgIpc) is 2.53. The zero-order valence-corrected chi connectivity index (χ0v) is 13.2. The Balaban J connectivity index is 1.56. The van der Waals surface area contributed by atoms with Gasteiger partial charge in [0.2, 0.25) is 0 Å². The van der Waals surface area contributed by atoms with Crippen LogP contribution < -0.4 is 5.73 Å². The third-order valence-electron chi connectivity index (χ3n) is 6.22. The minimum atomic E-state index is 0.134. The Morgan fingerprint density at radius 2 is 1.86 bits per heavy atom. The summed E-state index contributed by atoms with van der Waals surface area (Å²) in [7, 11) is 2.00. The monoisotopic (exact) mass is 299 g/mol. The Bertz CT molecular complexity index is 557. The van der Waals surface area contributed by atoms with Crippen molar-refractivity contribution < 1.29 is 4.79 Å². The van der Waals surface area contributed by atoms with Crippen LogP contribution in [-0.2, 0) is 6.54 Å². The molecule has 0 aromatic carbocycles. The summed E-state index contributed by atoms with van der Waals surface area (Å²) in [5, 5.41) is 0. The van der Waals surface area contributed by atoms with Crippen LogP contribution in [0, 0.1) is 23.7 Å². The second-order valence-corrected chi connectivity index (χ2v) is 7.58. The van der Waals surface area contributed by atoms with Gasteiger partial charge in [-0.05, 0) is 67.9 Å². The van der Waals surface area contributed by atoms with Gasteiger partial charge >= 0.3 is 0 Å². The molecule has 0 aliphatic heterocycles. The van der Waals surface area contributed by atoms with E-state index in [1.54, 1.807) is 6.20 Å². The highest BCUT2D eigenvalue weighted by Gasteiger charge is 2.50. The van der Waals surface area contributed by atoms with Gasteiger partial charge in [0, 0.05) is 31.4 Å². The maximum Gasteiger partial charge on any atom is 0.253 e. The highest BCUT2D eigenvalue weighted by molar-refractivity contribution is 5.94. The van der Waals surface area contributed by atoms with Crippen molar-refractivity contribution in [3.05, 3.63) is 29.6 Å². The van der Waals surface area contributed by atoms with Crippen LogP contribution in [0.15, 0.2) is 18.3 Å². The fourth-order valence-corrected chi connectivity index (χ4v) is 5.59. The van der Waals surface area contributed by atoms with E-state index in [4.69, 9.17) is 5.73 Å². The molecule has 0 unspecified atom stereocenters. The lowest BCUT2D eigenvalue weighted by Crippen LogP contribution is -2.56. The summed E-state index contributed by atoms with van der Waals surface area (Å²) in [4.78, 5) is 19.1. The van der Waals surface area contributed by atoms with Crippen molar-refractivity contribution >= 4 is 5.91 Å². The fourth-order valence-electron chi connectivity index (χ4n) is 5.59. The first-order chi connectivity index (χ1) is 10.7. The van der Waals surface area contributed by atoms with Crippen molar-refractivity contribution in [2.24, 2.45) is 29.4 Å². The van der Waals surface area contributed by atoms with E-state index in [0.29, 0.717) is 12.6 Å². The molecular formula is C18H25N3O. The van der Waals surface area contributed by atoms with Gasteiger partial charge in [0.1, 0.15) is 0 Å². The predicted octanol–water partition coefficient (Wildman–Crippen LogP) is 2.44. The van der Waals surface area contributed by atoms with Crippen molar-refractivity contribution in [1.82, 2.24) is 9.88 Å². The molecular weight excluding hydrogens is 274 g/mol. The third kappa shape index (κ3) is 2.24. The minimum Gasteiger partial charge on any atom is -0.338 e. The van der Waals surface area contributed by atoms with Crippen LogP contribution in [0.5, 0.6) is 0 Å². The molecule has 118 valence electrons. The zero-order chi connectivity index (χ0) is 15.3. The zero-order valence-electron chi connectivity index (χ0n) is 13.2. The van der Waals surface area contributed by atoms with Gasteiger partial charge in [-0.15, -0.1) is 0 Å². The topological polar surface area (TPSA) is 59.2 Å². The number of amides is 1. The number of pyridine rings is 1. The number of hydrogen-bond donors (Lipinski definition) is 1. The molecule has 0 radical (unpaired) electrons. The molecule has 4 heteroatoms. The molecule has 0 atom stereocenters. The highest BCUT2D eigenvalue weighted by atomic mass is 16.2. The number of rotatable bonds is 3. The molecule has 0 saturated heterocycles. The third-order valence-corrected chi connectivity index (χ3v) is 6.22. The lowest BCUT2D eigenvalue weighted by atomic mass is 9.54. The molecule has 4 fully saturated rings. The maximum absolute atomic E-state index is 12.9. The number of nitrogens with two attached hydrogens (primary N) is 1. The molecule has 2 N–H and O–H groups in total. The first kappa shape index (κ1) is 14.2. The number of aromatic nitrogens is 1. The normalized spacial score (nSPS) is 35.6. The van der Waals surface area contributed by atoms with Gasteiger partial charge in [-0.25, -0.2) is 0 Å². The molecule has 1 aromatic rings. The van der Waals surface area contributed by atoms with Crippen LogP contribution in [0.3, 0.4) is 0 Å². The first-order valence-corrected chi connectivity index (χ1v) is 8.58. The van der Waals surface area contributed by atoms with Crippen molar-refractivity contribution in [2.75, 3.05) is 7.05 Å². The Morgan fingerprint density at radius 1 is 1.23 bits per heavy atom. The summed E-state index contributed by atoms with van der Waals surface area (Å²) < 4.78 is 0. The van der Waals surface area contributed by atoms with Crippen molar-refractivity contribution in [3.8, 4) is 0 Å². The Labute approximate surface area is 132 Å². The smallest absolute Gasteiger partial charge is 0.253 e. The molecule has 4 bridgehead atoms. The van der Waals surface area contributed by atoms with Crippen LogP contribution in [0.2, 0.25) is 0 Å². The molecule has 0 spiro atoms. The molecule has 4 aliphatic carbocycles. The van der Waals surface area contributed by atoms with E-state index in [0.717, 1.165) is 34.9 Å². The fraction of sp³-hybridized carbons (Fsp3) is 0.667. The van der Waals surface area contributed by atoms with Gasteiger partial charge in [0.05, 0.1) is 5.69 Å². The summed E-state index contributed by atoms with van der Waals surface area (Å²) >= 11 is 0. The van der Waals surface area contributed by atoms with E-state index >= 15 is 0 Å². The standard InChI is InChI=1S/C18H25N3O/c1-21(18(22)13-2-3-20-16(9-13)10-19)17-14-5-11-4-12(7-14)8-15(17)6-11/h2-3,9,11-12,14-15,17H,4-8,10,19H2,1H3. The van der Waals surface area contributed by atoms with E-state index < -0.39 is 0 Å². The van der Waals surface area contributed by atoms with Crippen molar-refractivity contribution in [1.29, 1.82) is 0 Å². The van der Waals surface area contributed by atoms with Crippen LogP contribution in [-0.4, -0.2) is 28.9 Å². The van der Waals surface area contributed by atoms with Gasteiger partial charge in [0.15, 0.2) is 0 Å². The van der Waals surface area contributed by atoms with Crippen LogP contribution in [0.25, 0.3) is 0 Å². The van der Waals surface area contributed by atoms with Gasteiger partial charge in [-0.2, -0.15) is 0 Å². The van der Waals surface area contributed by atoms with Gasteiger partial charge in [0.25, 0.3) is 5.91 Å². The lowest BCUT2D eigenvalue weighted by Gasteiger charge is -2.56. The minimum absolute atomic E-state index is 0.134. The van der Waals surface area contributed by atoms with Crippen LogP contribution in [0.4, 0.5) is 0 Å². The molecule has 1 aromatic heterocycles. The Morgan fingerprint density at radius 3 is 2.45 bits per heavy atom.